The average molecular weight is 430 g/mol. The van der Waals surface area contributed by atoms with Crippen molar-refractivity contribution in [2.24, 2.45) is 0 Å². The maximum absolute atomic E-state index is 12.5. The molecule has 0 bridgehead atoms. The highest BCUT2D eigenvalue weighted by Crippen LogP contribution is 2.22. The van der Waals surface area contributed by atoms with Gasteiger partial charge in [-0.2, -0.15) is 4.31 Å². The van der Waals surface area contributed by atoms with Crippen molar-refractivity contribution in [1.82, 2.24) is 4.31 Å². The molecule has 0 atom stereocenters. The van der Waals surface area contributed by atoms with Crippen molar-refractivity contribution in [3.8, 4) is 0 Å². The number of ether oxygens (including phenoxy) is 1. The second-order valence-electron chi connectivity index (χ2n) is 5.74. The minimum atomic E-state index is -3.90. The highest BCUT2D eigenvalue weighted by Gasteiger charge is 2.23. The smallest absolute Gasteiger partial charge is 0.321 e. The number of likely N-dealkylation sites (N-methyl/N-ethyl adjacent to an activating group) is 1. The number of carbonyl (C=O) groups excluding carboxylic acids is 2. The molecule has 0 aliphatic rings. The first-order valence-electron chi connectivity index (χ1n) is 7.78. The van der Waals surface area contributed by atoms with Crippen molar-refractivity contribution in [3.63, 3.8) is 0 Å². The molecule has 2 aromatic carbocycles. The van der Waals surface area contributed by atoms with Gasteiger partial charge in [0.05, 0.1) is 4.90 Å². The van der Waals surface area contributed by atoms with Gasteiger partial charge in [0.25, 0.3) is 0 Å². The Kier molecular flexibility index (Phi) is 7.00. The van der Waals surface area contributed by atoms with Crippen LogP contribution in [0, 0.1) is 0 Å². The van der Waals surface area contributed by atoms with Gasteiger partial charge in [0.1, 0.15) is 13.2 Å². The molecule has 2 aromatic rings. The Morgan fingerprint density at radius 1 is 1.07 bits per heavy atom. The van der Waals surface area contributed by atoms with Crippen molar-refractivity contribution in [2.75, 3.05) is 13.6 Å². The van der Waals surface area contributed by atoms with Crippen LogP contribution in [0.5, 0.6) is 0 Å². The molecule has 0 saturated carbocycles. The minimum absolute atomic E-state index is 0.0245. The number of halogens is 2. The molecule has 0 amide bonds. The number of rotatable bonds is 7. The molecule has 27 heavy (non-hydrogen) atoms. The molecule has 0 unspecified atom stereocenters. The molecule has 0 spiro atoms. The van der Waals surface area contributed by atoms with Gasteiger partial charge in [-0.1, -0.05) is 41.4 Å². The third-order valence-corrected chi connectivity index (χ3v) is 6.13. The van der Waals surface area contributed by atoms with Gasteiger partial charge in [-0.15, -0.1) is 0 Å². The maximum Gasteiger partial charge on any atom is 0.321 e. The Bertz CT molecular complexity index is 958. The zero-order valence-corrected chi connectivity index (χ0v) is 16.9. The van der Waals surface area contributed by atoms with Crippen LogP contribution in [0.4, 0.5) is 0 Å². The van der Waals surface area contributed by atoms with Gasteiger partial charge < -0.3 is 4.74 Å². The van der Waals surface area contributed by atoms with Gasteiger partial charge in [-0.05, 0) is 31.2 Å². The average Bonchev–Trinajstić information content (AvgIpc) is 2.61. The highest BCUT2D eigenvalue weighted by atomic mass is 35.5. The van der Waals surface area contributed by atoms with E-state index in [1.165, 1.54) is 44.3 Å². The van der Waals surface area contributed by atoms with Crippen LogP contribution in [-0.2, 0) is 26.2 Å². The molecule has 0 radical (unpaired) electrons. The Morgan fingerprint density at radius 3 is 2.26 bits per heavy atom. The first-order valence-corrected chi connectivity index (χ1v) is 9.97. The van der Waals surface area contributed by atoms with Crippen LogP contribution in [0.15, 0.2) is 47.4 Å². The fourth-order valence-corrected chi connectivity index (χ4v) is 3.73. The normalized spacial score (nSPS) is 11.4. The molecular formula is C18H17Cl2NO5S. The number of benzene rings is 2. The van der Waals surface area contributed by atoms with E-state index in [9.17, 15) is 18.0 Å². The number of esters is 1. The number of Topliss-reactive ketones (excluding diaryl/α,β-unsaturated/α-hetero) is 1. The van der Waals surface area contributed by atoms with Crippen LogP contribution in [0.25, 0.3) is 0 Å². The van der Waals surface area contributed by atoms with Gasteiger partial charge in [0, 0.05) is 28.2 Å². The predicted molar refractivity (Wildman–Crippen MR) is 103 cm³/mol. The van der Waals surface area contributed by atoms with E-state index in [2.05, 4.69) is 0 Å². The van der Waals surface area contributed by atoms with E-state index in [-0.39, 0.29) is 17.3 Å². The molecule has 9 heteroatoms. The van der Waals surface area contributed by atoms with Gasteiger partial charge in [0.15, 0.2) is 5.78 Å². The lowest BCUT2D eigenvalue weighted by molar-refractivity contribution is -0.144. The molecule has 0 fully saturated rings. The molecule has 144 valence electrons. The summed E-state index contributed by atoms with van der Waals surface area (Å²) in [5, 5.41) is 0.804. The van der Waals surface area contributed by atoms with Gasteiger partial charge in [-0.25, -0.2) is 8.42 Å². The Labute approximate surface area is 167 Å². The van der Waals surface area contributed by atoms with E-state index in [1.807, 2.05) is 0 Å². The Morgan fingerprint density at radius 2 is 1.70 bits per heavy atom. The summed E-state index contributed by atoms with van der Waals surface area (Å²) < 4.78 is 31.0. The van der Waals surface area contributed by atoms with E-state index < -0.39 is 22.5 Å². The third kappa shape index (κ3) is 5.52. The van der Waals surface area contributed by atoms with Crippen LogP contribution < -0.4 is 0 Å². The summed E-state index contributed by atoms with van der Waals surface area (Å²) in [6.07, 6.45) is 0. The lowest BCUT2D eigenvalue weighted by atomic mass is 10.2. The van der Waals surface area contributed by atoms with Crippen molar-refractivity contribution in [2.45, 2.75) is 18.4 Å². The van der Waals surface area contributed by atoms with Crippen LogP contribution in [0.3, 0.4) is 0 Å². The highest BCUT2D eigenvalue weighted by molar-refractivity contribution is 7.89. The van der Waals surface area contributed by atoms with Gasteiger partial charge in [0.2, 0.25) is 10.0 Å². The Hall–Kier alpha value is -1.93. The van der Waals surface area contributed by atoms with E-state index >= 15 is 0 Å². The summed E-state index contributed by atoms with van der Waals surface area (Å²) in [6, 6.07) is 10.2. The number of hydrogen-bond acceptors (Lipinski definition) is 5. The largest absolute Gasteiger partial charge is 0.460 e. The summed E-state index contributed by atoms with van der Waals surface area (Å²) in [6.45, 7) is 0.816. The van der Waals surface area contributed by atoms with Gasteiger partial charge in [-0.3, -0.25) is 9.59 Å². The molecule has 0 heterocycles. The number of sulfonamides is 1. The molecule has 2 rings (SSSR count). The minimum Gasteiger partial charge on any atom is -0.460 e. The van der Waals surface area contributed by atoms with Crippen LogP contribution in [0.2, 0.25) is 10.0 Å². The SMILES string of the molecule is CC(=O)c1ccc(S(=O)(=O)N(C)CC(=O)OCc2ccc(Cl)cc2Cl)cc1. The maximum atomic E-state index is 12.5. The predicted octanol–water partition coefficient (Wildman–Crippen LogP) is 3.56. The molecule has 0 aliphatic carbocycles. The molecule has 0 saturated heterocycles. The summed E-state index contributed by atoms with van der Waals surface area (Å²) in [5.74, 6) is -0.899. The van der Waals surface area contributed by atoms with Crippen molar-refractivity contribution >= 4 is 45.0 Å². The monoisotopic (exact) mass is 429 g/mol. The zero-order chi connectivity index (χ0) is 20.2. The summed E-state index contributed by atoms with van der Waals surface area (Å²) >= 11 is 11.8. The topological polar surface area (TPSA) is 80.8 Å². The number of ketones is 1. The standard InChI is InChI=1S/C18H17Cl2NO5S/c1-12(22)13-4-7-16(8-5-13)27(24,25)21(2)10-18(23)26-11-14-3-6-15(19)9-17(14)20/h3-9H,10-11H2,1-2H3. The van der Waals surface area contributed by atoms with E-state index in [0.29, 0.717) is 21.2 Å². The second kappa shape index (κ2) is 8.84. The summed E-state index contributed by atoms with van der Waals surface area (Å²) in [4.78, 5) is 23.2. The van der Waals surface area contributed by atoms with Crippen LogP contribution in [-0.4, -0.2) is 38.1 Å². The summed E-state index contributed by atoms with van der Waals surface area (Å²) in [7, 11) is -2.63. The van der Waals surface area contributed by atoms with Crippen LogP contribution in [0.1, 0.15) is 22.8 Å². The number of carbonyl (C=O) groups is 2. The Balaban J connectivity index is 2.00. The lowest BCUT2D eigenvalue weighted by Crippen LogP contribution is -2.33. The number of hydrogen-bond donors (Lipinski definition) is 0. The first-order chi connectivity index (χ1) is 12.6. The van der Waals surface area contributed by atoms with Crippen molar-refractivity contribution in [1.29, 1.82) is 0 Å². The third-order valence-electron chi connectivity index (χ3n) is 3.72. The van der Waals surface area contributed by atoms with Crippen molar-refractivity contribution < 1.29 is 22.7 Å². The summed E-state index contributed by atoms with van der Waals surface area (Å²) in [5.41, 5.74) is 0.954. The number of nitrogens with zero attached hydrogens (tertiary/aromatic N) is 1. The molecule has 0 aromatic heterocycles. The molecule has 0 N–H and O–H groups in total. The zero-order valence-electron chi connectivity index (χ0n) is 14.6. The van der Waals surface area contributed by atoms with E-state index in [0.717, 1.165) is 4.31 Å². The van der Waals surface area contributed by atoms with Crippen LogP contribution >= 0.6 is 23.2 Å². The fraction of sp³-hybridized carbons (Fsp3) is 0.222. The molecule has 0 aliphatic heterocycles. The van der Waals surface area contributed by atoms with E-state index in [1.54, 1.807) is 12.1 Å². The quantitative estimate of drug-likeness (QED) is 0.496. The first kappa shape index (κ1) is 21.4. The fourth-order valence-electron chi connectivity index (χ4n) is 2.15. The van der Waals surface area contributed by atoms with Crippen molar-refractivity contribution in [3.05, 3.63) is 63.6 Å². The second-order valence-corrected chi connectivity index (χ2v) is 8.63. The lowest BCUT2D eigenvalue weighted by Gasteiger charge is -2.16. The molecular weight excluding hydrogens is 413 g/mol. The molecule has 6 nitrogen and oxygen atoms in total. The van der Waals surface area contributed by atoms with Gasteiger partial charge >= 0.3 is 5.97 Å². The van der Waals surface area contributed by atoms with E-state index in [4.69, 9.17) is 27.9 Å².